The van der Waals surface area contributed by atoms with E-state index in [1.807, 2.05) is 0 Å². The second-order valence-electron chi connectivity index (χ2n) is 4.27. The van der Waals surface area contributed by atoms with Crippen LogP contribution in [-0.4, -0.2) is 24.6 Å². The van der Waals surface area contributed by atoms with Crippen molar-refractivity contribution < 1.29 is 5.11 Å². The topological polar surface area (TPSA) is 86.7 Å². The fraction of sp³-hybridized carbons (Fsp3) is 0.0769. The second kappa shape index (κ2) is 4.90. The Labute approximate surface area is 118 Å². The first-order valence-electron chi connectivity index (χ1n) is 5.92. The van der Waals surface area contributed by atoms with Crippen LogP contribution in [0.2, 0.25) is 5.02 Å². The fourth-order valence-electron chi connectivity index (χ4n) is 2.02. The number of hydrogen-bond acceptors (Lipinski definition) is 3. The van der Waals surface area contributed by atoms with E-state index in [9.17, 15) is 9.90 Å². The van der Waals surface area contributed by atoms with Crippen LogP contribution in [0.5, 0.6) is 5.88 Å². The minimum absolute atomic E-state index is 0.155. The highest BCUT2D eigenvalue weighted by atomic mass is 35.5. The highest BCUT2D eigenvalue weighted by Crippen LogP contribution is 2.25. The molecule has 7 heteroatoms. The maximum absolute atomic E-state index is 12.0. The van der Waals surface area contributed by atoms with Gasteiger partial charge >= 0.3 is 5.69 Å². The monoisotopic (exact) mass is 290 g/mol. The Morgan fingerprint density at radius 2 is 2.15 bits per heavy atom. The maximum atomic E-state index is 12.0. The van der Waals surface area contributed by atoms with Gasteiger partial charge in [0.1, 0.15) is 0 Å². The molecule has 0 fully saturated rings. The molecule has 3 rings (SSSR count). The summed E-state index contributed by atoms with van der Waals surface area (Å²) in [5.41, 5.74) is 1.18. The smallest absolute Gasteiger partial charge is 0.333 e. The van der Waals surface area contributed by atoms with Crippen molar-refractivity contribution in [3.63, 3.8) is 0 Å². The minimum atomic E-state index is -0.440. The van der Waals surface area contributed by atoms with Gasteiger partial charge in [-0.15, -0.1) is 0 Å². The lowest BCUT2D eigenvalue weighted by atomic mass is 10.2. The zero-order chi connectivity index (χ0) is 14.1. The lowest BCUT2D eigenvalue weighted by Gasteiger charge is -2.05. The molecule has 0 amide bonds. The van der Waals surface area contributed by atoms with Gasteiger partial charge in [0.2, 0.25) is 5.88 Å². The molecule has 102 valence electrons. The largest absolute Gasteiger partial charge is 0.493 e. The molecule has 0 aliphatic heterocycles. The molecule has 0 radical (unpaired) electrons. The number of aromatic hydroxyl groups is 1. The normalized spacial score (nSPS) is 10.8. The molecule has 2 aromatic heterocycles. The van der Waals surface area contributed by atoms with Crippen LogP contribution < -0.4 is 5.69 Å². The van der Waals surface area contributed by atoms with Crippen LogP contribution in [0.25, 0.3) is 5.69 Å². The minimum Gasteiger partial charge on any atom is -0.493 e. The van der Waals surface area contributed by atoms with Crippen molar-refractivity contribution >= 4 is 11.6 Å². The van der Waals surface area contributed by atoms with Crippen molar-refractivity contribution in [2.45, 2.75) is 6.42 Å². The summed E-state index contributed by atoms with van der Waals surface area (Å²) in [6, 6.07) is 6.82. The van der Waals surface area contributed by atoms with E-state index in [1.54, 1.807) is 30.5 Å². The average Bonchev–Trinajstić information content (AvgIpc) is 3.01. The molecule has 3 aromatic rings. The summed E-state index contributed by atoms with van der Waals surface area (Å²) in [6.07, 6.45) is 3.51. The summed E-state index contributed by atoms with van der Waals surface area (Å²) in [4.78, 5) is 21.4. The molecule has 0 saturated heterocycles. The fourth-order valence-corrected chi connectivity index (χ4v) is 2.24. The summed E-state index contributed by atoms with van der Waals surface area (Å²) < 4.78 is 1.15. The number of nitrogens with one attached hydrogen (secondary N) is 2. The van der Waals surface area contributed by atoms with Gasteiger partial charge in [-0.25, -0.2) is 14.3 Å². The van der Waals surface area contributed by atoms with E-state index in [1.165, 1.54) is 6.33 Å². The van der Waals surface area contributed by atoms with Gasteiger partial charge in [-0.1, -0.05) is 23.7 Å². The predicted molar refractivity (Wildman–Crippen MR) is 74.5 cm³/mol. The van der Waals surface area contributed by atoms with Crippen LogP contribution >= 0.6 is 11.6 Å². The molecule has 3 N–H and O–H groups in total. The number of aromatic nitrogens is 4. The van der Waals surface area contributed by atoms with Crippen LogP contribution in [0.15, 0.2) is 41.6 Å². The number of imidazole rings is 2. The Balaban J connectivity index is 2.08. The van der Waals surface area contributed by atoms with E-state index in [4.69, 9.17) is 11.6 Å². The maximum Gasteiger partial charge on any atom is 0.333 e. The summed E-state index contributed by atoms with van der Waals surface area (Å²) >= 11 is 6.05. The Bertz CT molecular complexity index is 789. The summed E-state index contributed by atoms with van der Waals surface area (Å²) in [5, 5.41) is 10.6. The molecule has 0 saturated carbocycles. The van der Waals surface area contributed by atoms with Gasteiger partial charge in [0.25, 0.3) is 0 Å². The lowest BCUT2D eigenvalue weighted by molar-refractivity contribution is 0.435. The zero-order valence-electron chi connectivity index (χ0n) is 10.3. The van der Waals surface area contributed by atoms with E-state index in [0.29, 0.717) is 22.8 Å². The van der Waals surface area contributed by atoms with Gasteiger partial charge in [0.05, 0.1) is 22.7 Å². The van der Waals surface area contributed by atoms with Crippen molar-refractivity contribution in [2.75, 3.05) is 0 Å². The first-order valence-corrected chi connectivity index (χ1v) is 6.29. The first-order chi connectivity index (χ1) is 9.66. The number of hydrogen-bond donors (Lipinski definition) is 3. The molecule has 0 spiro atoms. The number of halogens is 1. The molecule has 0 atom stereocenters. The van der Waals surface area contributed by atoms with Gasteiger partial charge in [0, 0.05) is 18.3 Å². The van der Waals surface area contributed by atoms with E-state index >= 15 is 0 Å². The lowest BCUT2D eigenvalue weighted by Crippen LogP contribution is -2.14. The quantitative estimate of drug-likeness (QED) is 0.688. The first kappa shape index (κ1) is 12.6. The molecular weight excluding hydrogens is 280 g/mol. The molecule has 0 unspecified atom stereocenters. The third-order valence-electron chi connectivity index (χ3n) is 2.96. The van der Waals surface area contributed by atoms with Crippen LogP contribution in [-0.2, 0) is 6.42 Å². The summed E-state index contributed by atoms with van der Waals surface area (Å²) in [7, 11) is 0. The van der Waals surface area contributed by atoms with Gasteiger partial charge < -0.3 is 15.1 Å². The number of aromatic amines is 2. The number of nitrogens with zero attached hydrogens (tertiary/aromatic N) is 2. The van der Waals surface area contributed by atoms with Crippen LogP contribution in [0.4, 0.5) is 0 Å². The van der Waals surface area contributed by atoms with Crippen molar-refractivity contribution in [3.8, 4) is 11.6 Å². The molecule has 2 heterocycles. The average molecular weight is 291 g/mol. The second-order valence-corrected chi connectivity index (χ2v) is 4.68. The van der Waals surface area contributed by atoms with Crippen molar-refractivity contribution in [1.82, 2.24) is 19.5 Å². The number of H-pyrrole nitrogens is 2. The van der Waals surface area contributed by atoms with Gasteiger partial charge in [-0.2, -0.15) is 0 Å². The Kier molecular flexibility index (Phi) is 3.08. The molecular formula is C13H11ClN4O2. The summed E-state index contributed by atoms with van der Waals surface area (Å²) in [6.45, 7) is 0. The molecule has 0 bridgehead atoms. The van der Waals surface area contributed by atoms with Crippen LogP contribution in [0.1, 0.15) is 11.4 Å². The van der Waals surface area contributed by atoms with Gasteiger partial charge in [-0.05, 0) is 12.1 Å². The number of benzene rings is 1. The van der Waals surface area contributed by atoms with Crippen LogP contribution in [0.3, 0.4) is 0 Å². The number of rotatable bonds is 3. The standard InChI is InChI=1S/C13H11ClN4O2/c14-9-3-1-2-4-11(9)18-12(19)10(17-13(18)20)5-8-6-15-7-16-8/h1-4,6-7,19H,5H2,(H,15,16)(H,17,20). The number of para-hydroxylation sites is 1. The highest BCUT2D eigenvalue weighted by Gasteiger charge is 2.16. The van der Waals surface area contributed by atoms with Crippen molar-refractivity contribution in [2.24, 2.45) is 0 Å². The summed E-state index contributed by atoms with van der Waals surface area (Å²) in [5.74, 6) is -0.155. The van der Waals surface area contributed by atoms with Crippen molar-refractivity contribution in [1.29, 1.82) is 0 Å². The Morgan fingerprint density at radius 3 is 2.85 bits per heavy atom. The van der Waals surface area contributed by atoms with E-state index < -0.39 is 5.69 Å². The van der Waals surface area contributed by atoms with E-state index in [2.05, 4.69) is 15.0 Å². The van der Waals surface area contributed by atoms with Crippen LogP contribution in [0, 0.1) is 0 Å². The molecule has 0 aliphatic rings. The van der Waals surface area contributed by atoms with Gasteiger partial charge in [0.15, 0.2) is 0 Å². The zero-order valence-corrected chi connectivity index (χ0v) is 11.1. The molecule has 20 heavy (non-hydrogen) atoms. The van der Waals surface area contributed by atoms with E-state index in [0.717, 1.165) is 10.3 Å². The van der Waals surface area contributed by atoms with Gasteiger partial charge in [-0.3, -0.25) is 0 Å². The predicted octanol–water partition coefficient (Wildman–Crippen LogP) is 1.84. The van der Waals surface area contributed by atoms with Crippen molar-refractivity contribution in [3.05, 3.63) is 63.7 Å². The van der Waals surface area contributed by atoms with E-state index in [-0.39, 0.29) is 5.88 Å². The highest BCUT2D eigenvalue weighted by molar-refractivity contribution is 6.32. The molecule has 1 aromatic carbocycles. The Hall–Kier alpha value is -2.47. The molecule has 0 aliphatic carbocycles. The Morgan fingerprint density at radius 1 is 1.35 bits per heavy atom. The SMILES string of the molecule is O=c1[nH]c(Cc2cnc[nH]2)c(O)n1-c1ccccc1Cl. The third-order valence-corrected chi connectivity index (χ3v) is 3.28. The molecule has 6 nitrogen and oxygen atoms in total. The third kappa shape index (κ3) is 2.10.